The summed E-state index contributed by atoms with van der Waals surface area (Å²) in [5.41, 5.74) is 2.46. The Kier molecular flexibility index (Phi) is 3.17. The number of pyridine rings is 1. The van der Waals surface area contributed by atoms with Gasteiger partial charge in [-0.15, -0.1) is 0 Å². The Bertz CT molecular complexity index is 597. The van der Waals surface area contributed by atoms with Crippen molar-refractivity contribution in [1.29, 1.82) is 0 Å². The molecule has 1 aromatic heterocycles. The number of aromatic nitrogens is 1. The topological polar surface area (TPSA) is 28.2 Å². The van der Waals surface area contributed by atoms with Gasteiger partial charge in [-0.1, -0.05) is 24.3 Å². The van der Waals surface area contributed by atoms with E-state index in [4.69, 9.17) is 0 Å². The lowest BCUT2D eigenvalue weighted by molar-refractivity contribution is 0.0720. The third-order valence-corrected chi connectivity index (χ3v) is 4.93. The number of para-hydroxylation sites is 1. The minimum Gasteiger partial charge on any atom is -0.308 e. The summed E-state index contributed by atoms with van der Waals surface area (Å²) in [6.07, 6.45) is 4.62. The zero-order chi connectivity index (χ0) is 13.4. The summed E-state index contributed by atoms with van der Waals surface area (Å²) < 4.78 is 0. The first-order valence-electron chi connectivity index (χ1n) is 7.68. The van der Waals surface area contributed by atoms with Gasteiger partial charge in [-0.05, 0) is 43.5 Å². The molecule has 1 aromatic carbocycles. The summed E-state index contributed by atoms with van der Waals surface area (Å²) in [4.78, 5) is 7.14. The lowest BCUT2D eigenvalue weighted by atomic mass is 9.84. The SMILES string of the molecule is c1cnc2c(CNC3CN4CCC3CC4)cccc2c1. The highest BCUT2D eigenvalue weighted by molar-refractivity contribution is 5.81. The molecule has 3 aliphatic rings. The van der Waals surface area contributed by atoms with Gasteiger partial charge in [0.1, 0.15) is 0 Å². The molecule has 2 bridgehead atoms. The van der Waals surface area contributed by atoms with Gasteiger partial charge in [0.15, 0.2) is 0 Å². The first-order chi connectivity index (χ1) is 9.90. The molecule has 3 fully saturated rings. The average molecular weight is 267 g/mol. The Morgan fingerprint density at radius 3 is 2.80 bits per heavy atom. The quantitative estimate of drug-likeness (QED) is 0.925. The molecule has 2 aromatic rings. The van der Waals surface area contributed by atoms with Crippen LogP contribution in [0.25, 0.3) is 10.9 Å². The van der Waals surface area contributed by atoms with Crippen molar-refractivity contribution in [3.63, 3.8) is 0 Å². The molecule has 0 aliphatic carbocycles. The molecule has 5 rings (SSSR count). The van der Waals surface area contributed by atoms with E-state index in [-0.39, 0.29) is 0 Å². The second-order valence-corrected chi connectivity index (χ2v) is 6.12. The highest BCUT2D eigenvalue weighted by atomic mass is 15.2. The zero-order valence-electron chi connectivity index (χ0n) is 11.8. The fourth-order valence-electron chi connectivity index (χ4n) is 3.75. The molecule has 3 nitrogen and oxygen atoms in total. The summed E-state index contributed by atoms with van der Waals surface area (Å²) in [7, 11) is 0. The number of hydrogen-bond acceptors (Lipinski definition) is 3. The van der Waals surface area contributed by atoms with Gasteiger partial charge in [0, 0.05) is 30.7 Å². The van der Waals surface area contributed by atoms with Crippen LogP contribution in [0.2, 0.25) is 0 Å². The second kappa shape index (κ2) is 5.15. The summed E-state index contributed by atoms with van der Waals surface area (Å²) in [5.74, 6) is 0.878. The van der Waals surface area contributed by atoms with E-state index in [2.05, 4.69) is 39.5 Å². The van der Waals surface area contributed by atoms with Gasteiger partial charge in [-0.2, -0.15) is 0 Å². The molecule has 20 heavy (non-hydrogen) atoms. The van der Waals surface area contributed by atoms with Crippen LogP contribution in [0.4, 0.5) is 0 Å². The van der Waals surface area contributed by atoms with E-state index < -0.39 is 0 Å². The fourth-order valence-corrected chi connectivity index (χ4v) is 3.75. The monoisotopic (exact) mass is 267 g/mol. The minimum absolute atomic E-state index is 0.663. The molecule has 0 amide bonds. The number of benzene rings is 1. The number of piperidine rings is 3. The van der Waals surface area contributed by atoms with Crippen LogP contribution in [-0.2, 0) is 6.54 Å². The number of rotatable bonds is 3. The van der Waals surface area contributed by atoms with Gasteiger partial charge in [0.25, 0.3) is 0 Å². The lowest BCUT2D eigenvalue weighted by Crippen LogP contribution is -2.55. The minimum atomic E-state index is 0.663. The summed E-state index contributed by atoms with van der Waals surface area (Å²) in [6.45, 7) is 4.77. The van der Waals surface area contributed by atoms with E-state index in [1.165, 1.54) is 43.4 Å². The van der Waals surface area contributed by atoms with Crippen molar-refractivity contribution < 1.29 is 0 Å². The van der Waals surface area contributed by atoms with Gasteiger partial charge < -0.3 is 10.2 Å². The van der Waals surface area contributed by atoms with Crippen LogP contribution < -0.4 is 5.32 Å². The van der Waals surface area contributed by atoms with Gasteiger partial charge in [-0.3, -0.25) is 4.98 Å². The first-order valence-corrected chi connectivity index (χ1v) is 7.68. The summed E-state index contributed by atoms with van der Waals surface area (Å²) in [5, 5.41) is 5.02. The van der Waals surface area contributed by atoms with Crippen molar-refractivity contribution in [3.05, 3.63) is 42.1 Å². The standard InChI is InChI=1S/C17H21N3/c1-3-14-5-2-8-18-17(14)15(4-1)11-19-16-12-20-9-6-13(16)7-10-20/h1-5,8,13,16,19H,6-7,9-12H2. The molecule has 1 N–H and O–H groups in total. The smallest absolute Gasteiger partial charge is 0.0746 e. The molecule has 0 radical (unpaired) electrons. The van der Waals surface area contributed by atoms with Gasteiger partial charge in [0.2, 0.25) is 0 Å². The largest absolute Gasteiger partial charge is 0.308 e. The zero-order valence-corrected chi connectivity index (χ0v) is 11.8. The molecule has 4 heterocycles. The predicted molar refractivity (Wildman–Crippen MR) is 81.5 cm³/mol. The van der Waals surface area contributed by atoms with E-state index in [0.29, 0.717) is 6.04 Å². The van der Waals surface area contributed by atoms with E-state index in [0.717, 1.165) is 18.0 Å². The predicted octanol–water partition coefficient (Wildman–Crippen LogP) is 2.42. The summed E-state index contributed by atoms with van der Waals surface area (Å²) in [6, 6.07) is 11.3. The fraction of sp³-hybridized carbons (Fsp3) is 0.471. The third kappa shape index (κ3) is 2.21. The first kappa shape index (κ1) is 12.3. The molecule has 1 atom stereocenters. The molecule has 104 valence electrons. The van der Waals surface area contributed by atoms with E-state index >= 15 is 0 Å². The van der Waals surface area contributed by atoms with Crippen LogP contribution in [0.3, 0.4) is 0 Å². The Morgan fingerprint density at radius 2 is 2.00 bits per heavy atom. The van der Waals surface area contributed by atoms with E-state index in [1.54, 1.807) is 0 Å². The van der Waals surface area contributed by atoms with Gasteiger partial charge in [-0.25, -0.2) is 0 Å². The normalized spacial score (nSPS) is 28.9. The van der Waals surface area contributed by atoms with Crippen molar-refractivity contribution in [2.75, 3.05) is 19.6 Å². The number of hydrogen-bond donors (Lipinski definition) is 1. The van der Waals surface area contributed by atoms with Crippen LogP contribution in [0.1, 0.15) is 18.4 Å². The van der Waals surface area contributed by atoms with Crippen LogP contribution in [0.5, 0.6) is 0 Å². The molecule has 1 unspecified atom stereocenters. The molecule has 3 aliphatic heterocycles. The Morgan fingerprint density at radius 1 is 1.15 bits per heavy atom. The maximum atomic E-state index is 4.54. The molecular weight excluding hydrogens is 246 g/mol. The molecule has 3 heteroatoms. The molecule has 0 spiro atoms. The molecule has 0 saturated carbocycles. The van der Waals surface area contributed by atoms with Gasteiger partial charge >= 0.3 is 0 Å². The van der Waals surface area contributed by atoms with Crippen LogP contribution in [0.15, 0.2) is 36.5 Å². The second-order valence-electron chi connectivity index (χ2n) is 6.12. The summed E-state index contributed by atoms with van der Waals surface area (Å²) >= 11 is 0. The number of nitrogens with zero attached hydrogens (tertiary/aromatic N) is 2. The Labute approximate surface area is 120 Å². The van der Waals surface area contributed by atoms with Crippen LogP contribution in [0, 0.1) is 5.92 Å². The van der Waals surface area contributed by atoms with Crippen molar-refractivity contribution in [2.24, 2.45) is 5.92 Å². The molecular formula is C17H21N3. The van der Waals surface area contributed by atoms with Crippen molar-refractivity contribution in [3.8, 4) is 0 Å². The van der Waals surface area contributed by atoms with Crippen LogP contribution in [-0.4, -0.2) is 35.6 Å². The average Bonchev–Trinajstić information content (AvgIpc) is 2.54. The van der Waals surface area contributed by atoms with Crippen molar-refractivity contribution >= 4 is 10.9 Å². The maximum Gasteiger partial charge on any atom is 0.0746 e. The lowest BCUT2D eigenvalue weighted by Gasteiger charge is -2.45. The Hall–Kier alpha value is -1.45. The van der Waals surface area contributed by atoms with E-state index in [9.17, 15) is 0 Å². The van der Waals surface area contributed by atoms with Crippen molar-refractivity contribution in [2.45, 2.75) is 25.4 Å². The maximum absolute atomic E-state index is 4.54. The van der Waals surface area contributed by atoms with Gasteiger partial charge in [0.05, 0.1) is 5.52 Å². The molecule has 3 saturated heterocycles. The number of fused-ring (bicyclic) bond motifs is 4. The Balaban J connectivity index is 1.51. The third-order valence-electron chi connectivity index (χ3n) is 4.93. The van der Waals surface area contributed by atoms with Crippen LogP contribution >= 0.6 is 0 Å². The highest BCUT2D eigenvalue weighted by Crippen LogP contribution is 2.28. The number of nitrogens with one attached hydrogen (secondary N) is 1. The van der Waals surface area contributed by atoms with Crippen molar-refractivity contribution in [1.82, 2.24) is 15.2 Å². The highest BCUT2D eigenvalue weighted by Gasteiger charge is 2.33. The van der Waals surface area contributed by atoms with E-state index in [1.807, 2.05) is 12.3 Å².